The summed E-state index contributed by atoms with van der Waals surface area (Å²) in [6, 6.07) is 6.26. The first kappa shape index (κ1) is 16.5. The molecule has 8 nitrogen and oxygen atoms in total. The molecular weight excluding hydrogens is 314 g/mol. The van der Waals surface area contributed by atoms with E-state index >= 15 is 0 Å². The number of Topliss-reactive ketones (excluding diaryl/α,β-unsaturated/α-hetero) is 1. The van der Waals surface area contributed by atoms with Gasteiger partial charge in [0.05, 0.1) is 13.1 Å². The highest BCUT2D eigenvalue weighted by molar-refractivity contribution is 6.05. The van der Waals surface area contributed by atoms with Crippen LogP contribution in [0.25, 0.3) is 0 Å². The van der Waals surface area contributed by atoms with Gasteiger partial charge in [-0.05, 0) is 13.0 Å². The number of piperidine rings is 1. The third-order valence-corrected chi connectivity index (χ3v) is 5.18. The fraction of sp³-hybridized carbons (Fsp3) is 0.562. The van der Waals surface area contributed by atoms with Crippen molar-refractivity contribution >= 4 is 5.78 Å². The van der Waals surface area contributed by atoms with Crippen LogP contribution in [0.3, 0.4) is 0 Å². The van der Waals surface area contributed by atoms with Crippen molar-refractivity contribution in [2.45, 2.75) is 37.3 Å². The maximum absolute atomic E-state index is 12.9. The Labute approximate surface area is 138 Å². The molecule has 0 radical (unpaired) electrons. The molecule has 128 valence electrons. The molecule has 1 aliphatic heterocycles. The van der Waals surface area contributed by atoms with Crippen molar-refractivity contribution in [1.29, 1.82) is 0 Å². The standard InChI is InChI=1S/C16H19N3O5/c1-2-3-8-17-10-15(18(21)22)9-16(11-17,19(23)24)14(20)12-6-4-5-7-13(12)15/h4-7H,2-3,8-11H2,1H3. The van der Waals surface area contributed by atoms with Crippen LogP contribution in [0.4, 0.5) is 0 Å². The fourth-order valence-corrected chi connectivity index (χ4v) is 4.03. The molecule has 0 aromatic heterocycles. The summed E-state index contributed by atoms with van der Waals surface area (Å²) in [4.78, 5) is 37.4. The number of carbonyl (C=O) groups is 1. The first-order chi connectivity index (χ1) is 11.4. The Morgan fingerprint density at radius 1 is 1.12 bits per heavy atom. The van der Waals surface area contributed by atoms with Gasteiger partial charge in [0.1, 0.15) is 6.42 Å². The summed E-state index contributed by atoms with van der Waals surface area (Å²) in [6.45, 7) is 2.53. The Hall–Kier alpha value is -2.35. The smallest absolute Gasteiger partial charge is 0.289 e. The molecule has 1 fully saturated rings. The molecule has 0 spiro atoms. The molecule has 0 N–H and O–H groups in total. The fourth-order valence-electron chi connectivity index (χ4n) is 4.03. The first-order valence-corrected chi connectivity index (χ1v) is 8.03. The van der Waals surface area contributed by atoms with Gasteiger partial charge in [-0.1, -0.05) is 37.6 Å². The highest BCUT2D eigenvalue weighted by atomic mass is 16.6. The van der Waals surface area contributed by atoms with Crippen LogP contribution < -0.4 is 0 Å². The average Bonchev–Trinajstić information content (AvgIpc) is 2.57. The summed E-state index contributed by atoms with van der Waals surface area (Å²) < 4.78 is 0. The molecule has 3 rings (SSSR count). The minimum Gasteiger partial charge on any atom is -0.289 e. The minimum absolute atomic E-state index is 0.0667. The van der Waals surface area contributed by atoms with Crippen LogP contribution in [0.2, 0.25) is 0 Å². The number of unbranched alkanes of at least 4 members (excludes halogenated alkanes) is 1. The van der Waals surface area contributed by atoms with E-state index in [0.717, 1.165) is 12.8 Å². The van der Waals surface area contributed by atoms with E-state index in [2.05, 4.69) is 0 Å². The van der Waals surface area contributed by atoms with Crippen LogP contribution >= 0.6 is 0 Å². The van der Waals surface area contributed by atoms with E-state index in [4.69, 9.17) is 0 Å². The van der Waals surface area contributed by atoms with Gasteiger partial charge in [-0.3, -0.25) is 29.9 Å². The number of ketones is 1. The van der Waals surface area contributed by atoms with Gasteiger partial charge < -0.3 is 0 Å². The Balaban J connectivity index is 2.21. The SMILES string of the molecule is CCCCN1CC2([N+](=O)[O-])CC([N+](=O)[O-])(C1)c1ccccc1C2=O. The lowest BCUT2D eigenvalue weighted by atomic mass is 9.64. The number of nitrogens with zero attached hydrogens (tertiary/aromatic N) is 3. The number of fused-ring (bicyclic) bond motifs is 4. The highest BCUT2D eigenvalue weighted by Gasteiger charge is 2.70. The maximum Gasteiger partial charge on any atom is 0.303 e. The van der Waals surface area contributed by atoms with Gasteiger partial charge in [0.15, 0.2) is 0 Å². The quantitative estimate of drug-likeness (QED) is 0.601. The molecule has 2 atom stereocenters. The van der Waals surface area contributed by atoms with Crippen LogP contribution in [0, 0.1) is 20.2 Å². The van der Waals surface area contributed by atoms with Crippen molar-refractivity contribution in [3.8, 4) is 0 Å². The summed E-state index contributed by atoms with van der Waals surface area (Å²) >= 11 is 0. The van der Waals surface area contributed by atoms with Crippen LogP contribution in [0.5, 0.6) is 0 Å². The molecule has 1 saturated heterocycles. The van der Waals surface area contributed by atoms with Gasteiger partial charge in [-0.25, -0.2) is 0 Å². The Morgan fingerprint density at radius 2 is 1.75 bits per heavy atom. The molecule has 2 aliphatic rings. The molecule has 8 heteroatoms. The van der Waals surface area contributed by atoms with Gasteiger partial charge in [0.2, 0.25) is 5.78 Å². The van der Waals surface area contributed by atoms with E-state index in [0.29, 0.717) is 12.1 Å². The molecule has 0 saturated carbocycles. The van der Waals surface area contributed by atoms with Crippen LogP contribution in [0.1, 0.15) is 42.1 Å². The van der Waals surface area contributed by atoms with Crippen LogP contribution in [-0.2, 0) is 5.54 Å². The summed E-state index contributed by atoms with van der Waals surface area (Å²) in [7, 11) is 0. The monoisotopic (exact) mass is 333 g/mol. The van der Waals surface area contributed by atoms with Crippen molar-refractivity contribution in [3.05, 3.63) is 55.6 Å². The van der Waals surface area contributed by atoms with Crippen molar-refractivity contribution in [1.82, 2.24) is 4.90 Å². The summed E-state index contributed by atoms with van der Waals surface area (Å²) in [5.41, 5.74) is -3.12. The number of likely N-dealkylation sites (tertiary alicyclic amines) is 1. The average molecular weight is 333 g/mol. The summed E-state index contributed by atoms with van der Waals surface area (Å²) in [5, 5.41) is 23.8. The molecule has 0 amide bonds. The van der Waals surface area contributed by atoms with E-state index in [1.165, 1.54) is 6.07 Å². The largest absolute Gasteiger partial charge is 0.303 e. The van der Waals surface area contributed by atoms with Crippen LogP contribution in [0.15, 0.2) is 24.3 Å². The lowest BCUT2D eigenvalue weighted by Crippen LogP contribution is -2.69. The first-order valence-electron chi connectivity index (χ1n) is 8.03. The summed E-state index contributed by atoms with van der Waals surface area (Å²) in [6.07, 6.45) is 1.27. The second kappa shape index (κ2) is 5.62. The summed E-state index contributed by atoms with van der Waals surface area (Å²) in [5.74, 6) is -0.609. The van der Waals surface area contributed by atoms with E-state index in [-0.39, 0.29) is 25.1 Å². The van der Waals surface area contributed by atoms with E-state index in [1.54, 1.807) is 23.1 Å². The molecule has 2 bridgehead atoms. The lowest BCUT2D eigenvalue weighted by Gasteiger charge is -2.45. The van der Waals surface area contributed by atoms with Gasteiger partial charge >= 0.3 is 5.54 Å². The van der Waals surface area contributed by atoms with E-state index in [1.807, 2.05) is 6.92 Å². The number of rotatable bonds is 5. The number of nitro groups is 2. The van der Waals surface area contributed by atoms with E-state index < -0.39 is 26.7 Å². The van der Waals surface area contributed by atoms with Gasteiger partial charge in [0, 0.05) is 21.0 Å². The number of hydrogen-bond donors (Lipinski definition) is 0. The van der Waals surface area contributed by atoms with Crippen molar-refractivity contribution in [3.63, 3.8) is 0 Å². The Kier molecular flexibility index (Phi) is 3.87. The van der Waals surface area contributed by atoms with Gasteiger partial charge in [0.25, 0.3) is 5.54 Å². The second-order valence-corrected chi connectivity index (χ2v) is 6.69. The molecule has 1 aliphatic carbocycles. The van der Waals surface area contributed by atoms with Crippen molar-refractivity contribution in [2.24, 2.45) is 0 Å². The zero-order chi connectivity index (χ0) is 17.5. The topological polar surface area (TPSA) is 107 Å². The number of benzene rings is 1. The van der Waals surface area contributed by atoms with E-state index in [9.17, 15) is 25.0 Å². The molecular formula is C16H19N3O5. The maximum atomic E-state index is 12.9. The number of carbonyl (C=O) groups excluding carboxylic acids is 1. The third kappa shape index (κ3) is 2.13. The molecule has 2 unspecified atom stereocenters. The highest BCUT2D eigenvalue weighted by Crippen LogP contribution is 2.47. The number of hydrogen-bond acceptors (Lipinski definition) is 6. The predicted molar refractivity (Wildman–Crippen MR) is 85.1 cm³/mol. The van der Waals surface area contributed by atoms with Gasteiger partial charge in [-0.15, -0.1) is 0 Å². The minimum atomic E-state index is -1.94. The van der Waals surface area contributed by atoms with Crippen molar-refractivity contribution < 1.29 is 14.6 Å². The predicted octanol–water partition coefficient (Wildman–Crippen LogP) is 1.88. The third-order valence-electron chi connectivity index (χ3n) is 5.18. The van der Waals surface area contributed by atoms with Crippen molar-refractivity contribution in [2.75, 3.05) is 19.6 Å². The van der Waals surface area contributed by atoms with Gasteiger partial charge in [-0.2, -0.15) is 0 Å². The molecule has 1 heterocycles. The van der Waals surface area contributed by atoms with Crippen LogP contribution in [-0.4, -0.2) is 45.7 Å². The lowest BCUT2D eigenvalue weighted by molar-refractivity contribution is -0.623. The normalized spacial score (nSPS) is 29.1. The molecule has 1 aromatic rings. The Morgan fingerprint density at radius 3 is 2.38 bits per heavy atom. The molecule has 24 heavy (non-hydrogen) atoms. The second-order valence-electron chi connectivity index (χ2n) is 6.69. The Bertz CT molecular complexity index is 721. The zero-order valence-corrected chi connectivity index (χ0v) is 13.4. The zero-order valence-electron chi connectivity index (χ0n) is 13.4. The molecule has 1 aromatic carbocycles.